The first-order chi connectivity index (χ1) is 8.58. The van der Waals surface area contributed by atoms with Crippen LogP contribution in [0.3, 0.4) is 0 Å². The van der Waals surface area contributed by atoms with E-state index in [2.05, 4.69) is 5.32 Å². The van der Waals surface area contributed by atoms with Crippen LogP contribution in [0, 0.1) is 5.92 Å². The molecule has 1 fully saturated rings. The van der Waals surface area contributed by atoms with Gasteiger partial charge >= 0.3 is 0 Å². The Morgan fingerprint density at radius 3 is 2.78 bits per heavy atom. The first-order valence-electron chi connectivity index (χ1n) is 5.99. The maximum atomic E-state index is 11.9. The molecular weight excluding hydrogens is 273 g/mol. The molecular formula is C13H15Cl2NO2. The topological polar surface area (TPSA) is 49.3 Å². The zero-order valence-electron chi connectivity index (χ0n) is 9.83. The third kappa shape index (κ3) is 3.16. The van der Waals surface area contributed by atoms with E-state index in [0.29, 0.717) is 22.2 Å². The molecule has 1 aromatic carbocycles. The van der Waals surface area contributed by atoms with E-state index in [4.69, 9.17) is 23.2 Å². The molecule has 0 spiro atoms. The second-order valence-corrected chi connectivity index (χ2v) is 5.44. The Bertz CT molecular complexity index is 451. The van der Waals surface area contributed by atoms with E-state index in [9.17, 15) is 9.90 Å². The van der Waals surface area contributed by atoms with E-state index >= 15 is 0 Å². The van der Waals surface area contributed by atoms with E-state index in [-0.39, 0.29) is 17.9 Å². The van der Waals surface area contributed by atoms with Crippen molar-refractivity contribution >= 4 is 29.1 Å². The molecule has 2 rings (SSSR count). The number of nitrogens with one attached hydrogen (secondary N) is 1. The van der Waals surface area contributed by atoms with Crippen LogP contribution in [-0.4, -0.2) is 23.7 Å². The van der Waals surface area contributed by atoms with Crippen LogP contribution in [0.5, 0.6) is 0 Å². The Labute approximate surface area is 116 Å². The number of hydrogen-bond donors (Lipinski definition) is 2. The zero-order valence-corrected chi connectivity index (χ0v) is 11.3. The minimum atomic E-state index is -0.300. The number of benzene rings is 1. The summed E-state index contributed by atoms with van der Waals surface area (Å²) in [4.78, 5) is 11.9. The van der Waals surface area contributed by atoms with Crippen molar-refractivity contribution in [2.45, 2.75) is 25.4 Å². The Hall–Kier alpha value is -0.770. The van der Waals surface area contributed by atoms with Crippen molar-refractivity contribution < 1.29 is 9.90 Å². The van der Waals surface area contributed by atoms with Crippen LogP contribution < -0.4 is 5.32 Å². The lowest BCUT2D eigenvalue weighted by Crippen LogP contribution is -2.32. The Kier molecular flexibility index (Phi) is 4.49. The van der Waals surface area contributed by atoms with Gasteiger partial charge in [0.15, 0.2) is 0 Å². The Morgan fingerprint density at radius 1 is 1.39 bits per heavy atom. The molecule has 1 aliphatic rings. The van der Waals surface area contributed by atoms with Crippen LogP contribution in [0.2, 0.25) is 10.0 Å². The van der Waals surface area contributed by atoms with Crippen molar-refractivity contribution in [3.05, 3.63) is 33.8 Å². The first kappa shape index (κ1) is 13.7. The van der Waals surface area contributed by atoms with Crippen molar-refractivity contribution in [3.63, 3.8) is 0 Å². The molecule has 2 N–H and O–H groups in total. The maximum Gasteiger partial charge on any atom is 0.252 e. The van der Waals surface area contributed by atoms with E-state index in [0.717, 1.165) is 19.3 Å². The predicted molar refractivity (Wildman–Crippen MR) is 72.1 cm³/mol. The average Bonchev–Trinajstić information content (AvgIpc) is 2.72. The maximum absolute atomic E-state index is 11.9. The number of carbonyl (C=O) groups is 1. The summed E-state index contributed by atoms with van der Waals surface area (Å²) in [5.41, 5.74) is 0.411. The van der Waals surface area contributed by atoms with Gasteiger partial charge in [-0.05, 0) is 31.0 Å². The summed E-state index contributed by atoms with van der Waals surface area (Å²) >= 11 is 11.7. The first-order valence-corrected chi connectivity index (χ1v) is 6.75. The Morgan fingerprint density at radius 2 is 2.17 bits per heavy atom. The van der Waals surface area contributed by atoms with Crippen molar-refractivity contribution in [2.75, 3.05) is 6.54 Å². The van der Waals surface area contributed by atoms with Crippen molar-refractivity contribution in [1.29, 1.82) is 0 Å². The normalized spacial score (nSPS) is 23.1. The molecule has 98 valence electrons. The van der Waals surface area contributed by atoms with E-state index in [1.807, 2.05) is 0 Å². The summed E-state index contributed by atoms with van der Waals surface area (Å²) in [6.45, 7) is 0.485. The number of aliphatic hydroxyl groups excluding tert-OH is 1. The van der Waals surface area contributed by atoms with Gasteiger partial charge in [-0.1, -0.05) is 29.6 Å². The number of carbonyl (C=O) groups excluding carboxylic acids is 1. The molecule has 3 nitrogen and oxygen atoms in total. The molecule has 2 atom stereocenters. The SMILES string of the molecule is O=C(NCC1CCCC1O)c1ccc(Cl)cc1Cl. The van der Waals surface area contributed by atoms with Gasteiger partial charge in [0.05, 0.1) is 16.7 Å². The molecule has 0 saturated heterocycles. The second kappa shape index (κ2) is 5.91. The molecule has 1 aromatic rings. The van der Waals surface area contributed by atoms with Crippen molar-refractivity contribution in [2.24, 2.45) is 5.92 Å². The third-order valence-corrected chi connectivity index (χ3v) is 3.87. The fourth-order valence-electron chi connectivity index (χ4n) is 2.25. The predicted octanol–water partition coefficient (Wildman–Crippen LogP) is 2.88. The lowest BCUT2D eigenvalue weighted by atomic mass is 10.1. The quantitative estimate of drug-likeness (QED) is 0.898. The van der Waals surface area contributed by atoms with Gasteiger partial charge in [-0.2, -0.15) is 0 Å². The number of rotatable bonds is 3. The largest absolute Gasteiger partial charge is 0.393 e. The number of halogens is 2. The highest BCUT2D eigenvalue weighted by Crippen LogP contribution is 2.25. The van der Waals surface area contributed by atoms with Crippen LogP contribution in [0.25, 0.3) is 0 Å². The minimum absolute atomic E-state index is 0.153. The van der Waals surface area contributed by atoms with Gasteiger partial charge in [0.1, 0.15) is 0 Å². The van der Waals surface area contributed by atoms with E-state index in [1.165, 1.54) is 0 Å². The highest BCUT2D eigenvalue weighted by molar-refractivity contribution is 6.36. The second-order valence-electron chi connectivity index (χ2n) is 4.59. The molecule has 2 unspecified atom stereocenters. The molecule has 18 heavy (non-hydrogen) atoms. The van der Waals surface area contributed by atoms with Crippen molar-refractivity contribution in [1.82, 2.24) is 5.32 Å². The van der Waals surface area contributed by atoms with E-state index in [1.54, 1.807) is 18.2 Å². The fraction of sp³-hybridized carbons (Fsp3) is 0.462. The van der Waals surface area contributed by atoms with Crippen LogP contribution in [0.15, 0.2) is 18.2 Å². The summed E-state index contributed by atoms with van der Waals surface area (Å²) < 4.78 is 0. The highest BCUT2D eigenvalue weighted by atomic mass is 35.5. The van der Waals surface area contributed by atoms with Crippen LogP contribution >= 0.6 is 23.2 Å². The molecule has 0 aromatic heterocycles. The summed E-state index contributed by atoms with van der Waals surface area (Å²) in [5, 5.41) is 13.3. The molecule has 1 saturated carbocycles. The molecule has 0 heterocycles. The van der Waals surface area contributed by atoms with Gasteiger partial charge in [0.25, 0.3) is 5.91 Å². The molecule has 5 heteroatoms. The van der Waals surface area contributed by atoms with Gasteiger partial charge in [-0.3, -0.25) is 4.79 Å². The monoisotopic (exact) mass is 287 g/mol. The third-order valence-electron chi connectivity index (χ3n) is 3.32. The standard InChI is InChI=1S/C13H15Cl2NO2/c14-9-4-5-10(11(15)6-9)13(18)16-7-8-2-1-3-12(8)17/h4-6,8,12,17H,1-3,7H2,(H,16,18). The number of amides is 1. The molecule has 0 aliphatic heterocycles. The summed E-state index contributed by atoms with van der Waals surface area (Å²) in [5.74, 6) is -0.0733. The lowest BCUT2D eigenvalue weighted by Gasteiger charge is -2.15. The number of aliphatic hydroxyl groups is 1. The van der Waals surface area contributed by atoms with Crippen molar-refractivity contribution in [3.8, 4) is 0 Å². The van der Waals surface area contributed by atoms with Gasteiger partial charge in [0.2, 0.25) is 0 Å². The zero-order chi connectivity index (χ0) is 13.1. The van der Waals surface area contributed by atoms with Crippen LogP contribution in [-0.2, 0) is 0 Å². The Balaban J connectivity index is 1.95. The van der Waals surface area contributed by atoms with E-state index < -0.39 is 0 Å². The van der Waals surface area contributed by atoms with Crippen LogP contribution in [0.4, 0.5) is 0 Å². The average molecular weight is 288 g/mol. The van der Waals surface area contributed by atoms with Gasteiger partial charge in [0, 0.05) is 17.5 Å². The van der Waals surface area contributed by atoms with Gasteiger partial charge in [-0.15, -0.1) is 0 Å². The summed E-state index contributed by atoms with van der Waals surface area (Å²) in [6.07, 6.45) is 2.49. The highest BCUT2D eigenvalue weighted by Gasteiger charge is 2.25. The van der Waals surface area contributed by atoms with Gasteiger partial charge in [-0.25, -0.2) is 0 Å². The number of hydrogen-bond acceptors (Lipinski definition) is 2. The molecule has 0 bridgehead atoms. The van der Waals surface area contributed by atoms with Crippen LogP contribution in [0.1, 0.15) is 29.6 Å². The molecule has 1 amide bonds. The lowest BCUT2D eigenvalue weighted by molar-refractivity contribution is 0.0917. The molecule has 1 aliphatic carbocycles. The minimum Gasteiger partial charge on any atom is -0.393 e. The smallest absolute Gasteiger partial charge is 0.252 e. The summed E-state index contributed by atoms with van der Waals surface area (Å²) in [6, 6.07) is 4.78. The van der Waals surface area contributed by atoms with Gasteiger partial charge < -0.3 is 10.4 Å². The summed E-state index contributed by atoms with van der Waals surface area (Å²) in [7, 11) is 0. The fourth-order valence-corrected chi connectivity index (χ4v) is 2.74. The molecule has 0 radical (unpaired) electrons.